The average molecular weight is 215 g/mol. The van der Waals surface area contributed by atoms with Crippen LogP contribution in [0.5, 0.6) is 5.75 Å². The lowest BCUT2D eigenvalue weighted by Gasteiger charge is -2.25. The standard InChI is InChI=1S/C14H17NO/c15-13-8-11(9-13)2-1-10-3-4-14-12(7-10)5-6-16-14/h2-4,7,13H,1,5-6,8-9,15H2. The summed E-state index contributed by atoms with van der Waals surface area (Å²) in [7, 11) is 0. The molecule has 1 aliphatic carbocycles. The molecule has 1 heterocycles. The number of fused-ring (bicyclic) bond motifs is 1. The van der Waals surface area contributed by atoms with E-state index in [1.165, 1.54) is 16.7 Å². The summed E-state index contributed by atoms with van der Waals surface area (Å²) in [6, 6.07) is 6.96. The fourth-order valence-electron chi connectivity index (χ4n) is 2.41. The molecular formula is C14H17NO. The molecule has 2 aliphatic rings. The van der Waals surface area contributed by atoms with E-state index in [1.807, 2.05) is 0 Å². The summed E-state index contributed by atoms with van der Waals surface area (Å²) in [6.07, 6.45) is 6.61. The van der Waals surface area contributed by atoms with Crippen molar-refractivity contribution in [2.45, 2.75) is 31.7 Å². The lowest BCUT2D eigenvalue weighted by molar-refractivity contribution is 0.357. The average Bonchev–Trinajstić information content (AvgIpc) is 2.69. The van der Waals surface area contributed by atoms with Gasteiger partial charge in [-0.25, -0.2) is 0 Å². The Kier molecular flexibility index (Phi) is 2.44. The number of allylic oxidation sites excluding steroid dienone is 1. The molecule has 1 saturated carbocycles. The van der Waals surface area contributed by atoms with E-state index < -0.39 is 0 Å². The third kappa shape index (κ3) is 1.85. The molecule has 84 valence electrons. The van der Waals surface area contributed by atoms with Crippen LogP contribution in [0, 0.1) is 0 Å². The maximum Gasteiger partial charge on any atom is 0.122 e. The van der Waals surface area contributed by atoms with Gasteiger partial charge in [-0.15, -0.1) is 0 Å². The fraction of sp³-hybridized carbons (Fsp3) is 0.429. The van der Waals surface area contributed by atoms with E-state index in [2.05, 4.69) is 24.3 Å². The Morgan fingerprint density at radius 2 is 2.25 bits per heavy atom. The zero-order chi connectivity index (χ0) is 11.0. The van der Waals surface area contributed by atoms with Crippen LogP contribution in [0.1, 0.15) is 24.0 Å². The van der Waals surface area contributed by atoms with Gasteiger partial charge >= 0.3 is 0 Å². The van der Waals surface area contributed by atoms with Crippen molar-refractivity contribution in [2.75, 3.05) is 6.61 Å². The number of ether oxygens (including phenoxy) is 1. The Morgan fingerprint density at radius 3 is 3.06 bits per heavy atom. The molecule has 0 amide bonds. The van der Waals surface area contributed by atoms with E-state index in [0.717, 1.165) is 38.0 Å². The number of rotatable bonds is 2. The lowest BCUT2D eigenvalue weighted by Crippen LogP contribution is -2.30. The van der Waals surface area contributed by atoms with Gasteiger partial charge in [0.05, 0.1) is 6.61 Å². The molecule has 1 aromatic carbocycles. The van der Waals surface area contributed by atoms with Gasteiger partial charge < -0.3 is 10.5 Å². The van der Waals surface area contributed by atoms with E-state index in [-0.39, 0.29) is 0 Å². The van der Waals surface area contributed by atoms with Crippen LogP contribution in [0.3, 0.4) is 0 Å². The molecule has 16 heavy (non-hydrogen) atoms. The lowest BCUT2D eigenvalue weighted by atomic mass is 9.86. The number of nitrogens with two attached hydrogens (primary N) is 1. The highest BCUT2D eigenvalue weighted by Gasteiger charge is 2.18. The predicted molar refractivity (Wildman–Crippen MR) is 64.6 cm³/mol. The Bertz CT molecular complexity index is 428. The van der Waals surface area contributed by atoms with Crippen LogP contribution in [0.4, 0.5) is 0 Å². The van der Waals surface area contributed by atoms with E-state index >= 15 is 0 Å². The first kappa shape index (κ1) is 9.91. The van der Waals surface area contributed by atoms with Gasteiger partial charge in [0.2, 0.25) is 0 Å². The second-order valence-corrected chi connectivity index (χ2v) is 4.78. The van der Waals surface area contributed by atoms with Crippen LogP contribution in [0.25, 0.3) is 0 Å². The molecular weight excluding hydrogens is 198 g/mol. The minimum atomic E-state index is 0.416. The molecule has 1 fully saturated rings. The smallest absolute Gasteiger partial charge is 0.122 e. The molecule has 0 aromatic heterocycles. The van der Waals surface area contributed by atoms with Gasteiger partial charge in [-0.05, 0) is 36.5 Å². The Balaban J connectivity index is 1.69. The zero-order valence-corrected chi connectivity index (χ0v) is 9.41. The normalized spacial score (nSPS) is 22.3. The number of hydrogen-bond donors (Lipinski definition) is 1. The van der Waals surface area contributed by atoms with Gasteiger partial charge in [0.15, 0.2) is 0 Å². The maximum absolute atomic E-state index is 5.75. The second-order valence-electron chi connectivity index (χ2n) is 4.78. The van der Waals surface area contributed by atoms with Crippen molar-refractivity contribution in [3.8, 4) is 5.75 Å². The van der Waals surface area contributed by atoms with Crippen LogP contribution in [0.2, 0.25) is 0 Å². The largest absolute Gasteiger partial charge is 0.493 e. The first-order valence-corrected chi connectivity index (χ1v) is 5.99. The maximum atomic E-state index is 5.75. The van der Waals surface area contributed by atoms with Crippen molar-refractivity contribution in [2.24, 2.45) is 5.73 Å². The first-order chi connectivity index (χ1) is 7.81. The molecule has 0 radical (unpaired) electrons. The quantitative estimate of drug-likeness (QED) is 0.768. The van der Waals surface area contributed by atoms with Gasteiger partial charge in [0, 0.05) is 12.5 Å². The van der Waals surface area contributed by atoms with E-state index in [0.29, 0.717) is 6.04 Å². The summed E-state index contributed by atoms with van der Waals surface area (Å²) >= 11 is 0. The predicted octanol–water partition coefficient (Wildman–Crippen LogP) is 2.21. The summed E-state index contributed by atoms with van der Waals surface area (Å²) in [5.41, 5.74) is 10.0. The summed E-state index contributed by atoms with van der Waals surface area (Å²) in [5.74, 6) is 1.07. The topological polar surface area (TPSA) is 35.2 Å². The third-order valence-electron chi connectivity index (χ3n) is 3.43. The number of hydrogen-bond acceptors (Lipinski definition) is 2. The Hall–Kier alpha value is -1.28. The highest BCUT2D eigenvalue weighted by atomic mass is 16.5. The summed E-state index contributed by atoms with van der Waals surface area (Å²) in [6.45, 7) is 0.842. The van der Waals surface area contributed by atoms with Crippen molar-refractivity contribution in [3.05, 3.63) is 41.0 Å². The number of benzene rings is 1. The third-order valence-corrected chi connectivity index (χ3v) is 3.43. The van der Waals surface area contributed by atoms with E-state index in [4.69, 9.17) is 10.5 Å². The van der Waals surface area contributed by atoms with Crippen LogP contribution in [-0.4, -0.2) is 12.6 Å². The molecule has 1 aromatic rings. The highest BCUT2D eigenvalue weighted by Crippen LogP contribution is 2.28. The van der Waals surface area contributed by atoms with Crippen molar-refractivity contribution in [1.29, 1.82) is 0 Å². The van der Waals surface area contributed by atoms with Gasteiger partial charge in [0.1, 0.15) is 5.75 Å². The molecule has 0 unspecified atom stereocenters. The van der Waals surface area contributed by atoms with Crippen LogP contribution in [0.15, 0.2) is 29.8 Å². The van der Waals surface area contributed by atoms with Gasteiger partial charge in [-0.2, -0.15) is 0 Å². The minimum Gasteiger partial charge on any atom is -0.493 e. The molecule has 0 atom stereocenters. The fourth-order valence-corrected chi connectivity index (χ4v) is 2.41. The molecule has 1 aliphatic heterocycles. The molecule has 0 spiro atoms. The van der Waals surface area contributed by atoms with E-state index in [9.17, 15) is 0 Å². The minimum absolute atomic E-state index is 0.416. The molecule has 2 nitrogen and oxygen atoms in total. The van der Waals surface area contributed by atoms with Crippen LogP contribution >= 0.6 is 0 Å². The SMILES string of the molecule is NC1CC(=CCc2ccc3c(c2)CCO3)C1. The molecule has 3 rings (SSSR count). The molecule has 2 N–H and O–H groups in total. The monoisotopic (exact) mass is 215 g/mol. The van der Waals surface area contributed by atoms with Crippen LogP contribution in [-0.2, 0) is 12.8 Å². The van der Waals surface area contributed by atoms with Gasteiger partial charge in [-0.1, -0.05) is 23.8 Å². The van der Waals surface area contributed by atoms with Crippen molar-refractivity contribution < 1.29 is 4.74 Å². The zero-order valence-electron chi connectivity index (χ0n) is 9.41. The van der Waals surface area contributed by atoms with Gasteiger partial charge in [-0.3, -0.25) is 0 Å². The Morgan fingerprint density at radius 1 is 1.38 bits per heavy atom. The second kappa shape index (κ2) is 3.95. The van der Waals surface area contributed by atoms with Crippen molar-refractivity contribution >= 4 is 0 Å². The van der Waals surface area contributed by atoms with Gasteiger partial charge in [0.25, 0.3) is 0 Å². The Labute approximate surface area is 96.1 Å². The summed E-state index contributed by atoms with van der Waals surface area (Å²) in [4.78, 5) is 0. The highest BCUT2D eigenvalue weighted by molar-refractivity contribution is 5.40. The molecule has 0 bridgehead atoms. The first-order valence-electron chi connectivity index (χ1n) is 5.99. The summed E-state index contributed by atoms with van der Waals surface area (Å²) in [5, 5.41) is 0. The molecule has 2 heteroatoms. The van der Waals surface area contributed by atoms with E-state index in [1.54, 1.807) is 0 Å². The van der Waals surface area contributed by atoms with Crippen molar-refractivity contribution in [1.82, 2.24) is 0 Å². The summed E-state index contributed by atoms with van der Waals surface area (Å²) < 4.78 is 5.49. The van der Waals surface area contributed by atoms with Crippen LogP contribution < -0.4 is 10.5 Å². The van der Waals surface area contributed by atoms with Crippen molar-refractivity contribution in [3.63, 3.8) is 0 Å². The molecule has 0 saturated heterocycles.